The van der Waals surface area contributed by atoms with Gasteiger partial charge in [0.25, 0.3) is 11.8 Å². The smallest absolute Gasteiger partial charge is 0.285 e. The van der Waals surface area contributed by atoms with E-state index < -0.39 is 11.8 Å². The van der Waals surface area contributed by atoms with Gasteiger partial charge in [-0.3, -0.25) is 15.0 Å². The van der Waals surface area contributed by atoms with E-state index in [4.69, 9.17) is 28.6 Å². The summed E-state index contributed by atoms with van der Waals surface area (Å²) in [4.78, 5) is 25.2. The number of hydrogen-bond acceptors (Lipinski definition) is 6. The second-order valence-electron chi connectivity index (χ2n) is 5.40. The Labute approximate surface area is 169 Å². The zero-order valence-electron chi connectivity index (χ0n) is 13.9. The molecule has 1 aliphatic heterocycles. The number of nitrogens with zero attached hydrogens (tertiary/aromatic N) is 1. The molecule has 0 atom stereocenters. The molecule has 9 heteroatoms. The molecule has 2 N–H and O–H groups in total. The average molecular weight is 421 g/mol. The Morgan fingerprint density at radius 2 is 2.00 bits per heavy atom. The molecule has 0 saturated carbocycles. The number of halogens is 1. The average Bonchev–Trinajstić information content (AvgIpc) is 2.91. The normalized spacial score (nSPS) is 15.3. The van der Waals surface area contributed by atoms with Crippen LogP contribution in [0, 0.1) is 0 Å². The van der Waals surface area contributed by atoms with Crippen LogP contribution in [0.2, 0.25) is 5.02 Å². The molecule has 2 amide bonds. The first-order chi connectivity index (χ1) is 12.9. The van der Waals surface area contributed by atoms with Gasteiger partial charge in [0.15, 0.2) is 15.8 Å². The van der Waals surface area contributed by atoms with E-state index in [0.29, 0.717) is 21.1 Å². The molecular weight excluding hydrogens is 408 g/mol. The number of benzene rings is 2. The number of phenols is 1. The van der Waals surface area contributed by atoms with Crippen LogP contribution in [0.25, 0.3) is 6.08 Å². The fourth-order valence-electron chi connectivity index (χ4n) is 2.27. The molecule has 2 aromatic rings. The molecule has 0 bridgehead atoms. The highest BCUT2D eigenvalue weighted by molar-refractivity contribution is 8.26. The van der Waals surface area contributed by atoms with Gasteiger partial charge in [0.05, 0.1) is 12.0 Å². The van der Waals surface area contributed by atoms with E-state index in [2.05, 4.69) is 5.43 Å². The molecule has 1 fully saturated rings. The number of rotatable bonds is 4. The van der Waals surface area contributed by atoms with Crippen molar-refractivity contribution in [2.24, 2.45) is 0 Å². The quantitative estimate of drug-likeness (QED) is 0.581. The second-order valence-corrected chi connectivity index (χ2v) is 7.51. The lowest BCUT2D eigenvalue weighted by Crippen LogP contribution is -2.44. The van der Waals surface area contributed by atoms with E-state index in [-0.39, 0.29) is 15.8 Å². The van der Waals surface area contributed by atoms with Crippen LogP contribution in [0.5, 0.6) is 11.5 Å². The van der Waals surface area contributed by atoms with Gasteiger partial charge in [-0.1, -0.05) is 29.4 Å². The minimum Gasteiger partial charge on any atom is -0.504 e. The third-order valence-electron chi connectivity index (χ3n) is 3.62. The van der Waals surface area contributed by atoms with Crippen LogP contribution in [0.15, 0.2) is 47.4 Å². The minimum atomic E-state index is -0.476. The van der Waals surface area contributed by atoms with Gasteiger partial charge in [-0.05, 0) is 60.3 Å². The second kappa shape index (κ2) is 7.99. The molecular formula is C18H13ClN2O4S2. The highest BCUT2D eigenvalue weighted by Gasteiger charge is 2.33. The standard InChI is InChI=1S/C18H13ClN2O4S2/c1-25-14-8-10(2-7-13(14)22)9-15-17(24)21(18(26)27-15)20-16(23)11-3-5-12(19)6-4-11/h2-9,22H,1H3,(H,20,23)/b15-9-. The van der Waals surface area contributed by atoms with Gasteiger partial charge in [0, 0.05) is 10.6 Å². The van der Waals surface area contributed by atoms with E-state index in [1.165, 1.54) is 13.2 Å². The molecule has 0 unspecified atom stereocenters. The van der Waals surface area contributed by atoms with Crippen molar-refractivity contribution in [3.8, 4) is 11.5 Å². The van der Waals surface area contributed by atoms with E-state index in [1.54, 1.807) is 42.5 Å². The van der Waals surface area contributed by atoms with Gasteiger partial charge in [-0.25, -0.2) is 0 Å². The molecule has 0 aliphatic carbocycles. The van der Waals surface area contributed by atoms with Crippen molar-refractivity contribution in [3.05, 3.63) is 63.5 Å². The first-order valence-electron chi connectivity index (χ1n) is 7.60. The lowest BCUT2D eigenvalue weighted by Gasteiger charge is -2.15. The lowest BCUT2D eigenvalue weighted by molar-refractivity contribution is -0.123. The zero-order valence-corrected chi connectivity index (χ0v) is 16.3. The summed E-state index contributed by atoms with van der Waals surface area (Å²) >= 11 is 12.1. The van der Waals surface area contributed by atoms with E-state index in [9.17, 15) is 14.7 Å². The SMILES string of the molecule is COc1cc(/C=C2\SC(=S)N(NC(=O)c3ccc(Cl)cc3)C2=O)ccc1O. The van der Waals surface area contributed by atoms with Gasteiger partial charge < -0.3 is 9.84 Å². The number of aromatic hydroxyl groups is 1. The molecule has 0 radical (unpaired) electrons. The van der Waals surface area contributed by atoms with Crippen molar-refractivity contribution in [1.82, 2.24) is 10.4 Å². The largest absolute Gasteiger partial charge is 0.504 e. The summed E-state index contributed by atoms with van der Waals surface area (Å²) in [5.41, 5.74) is 3.49. The Hall–Kier alpha value is -2.55. The highest BCUT2D eigenvalue weighted by Crippen LogP contribution is 2.33. The van der Waals surface area contributed by atoms with Gasteiger partial charge in [-0.2, -0.15) is 5.01 Å². The van der Waals surface area contributed by atoms with Crippen LogP contribution in [-0.4, -0.2) is 33.4 Å². The maximum atomic E-state index is 12.6. The van der Waals surface area contributed by atoms with Crippen LogP contribution in [-0.2, 0) is 4.79 Å². The van der Waals surface area contributed by atoms with Crippen LogP contribution >= 0.6 is 35.6 Å². The van der Waals surface area contributed by atoms with Gasteiger partial charge in [0.1, 0.15) is 0 Å². The number of thiocarbonyl (C=S) groups is 1. The molecule has 0 aromatic heterocycles. The summed E-state index contributed by atoms with van der Waals surface area (Å²) in [6.45, 7) is 0. The first kappa shape index (κ1) is 19.2. The van der Waals surface area contributed by atoms with E-state index in [0.717, 1.165) is 16.8 Å². The fraction of sp³-hybridized carbons (Fsp3) is 0.0556. The third kappa shape index (κ3) is 4.24. The highest BCUT2D eigenvalue weighted by atomic mass is 35.5. The van der Waals surface area contributed by atoms with Crippen LogP contribution in [0.3, 0.4) is 0 Å². The summed E-state index contributed by atoms with van der Waals surface area (Å²) in [5.74, 6) is -0.637. The zero-order chi connectivity index (χ0) is 19.6. The van der Waals surface area contributed by atoms with Gasteiger partial charge in [0.2, 0.25) is 0 Å². The van der Waals surface area contributed by atoms with Gasteiger partial charge >= 0.3 is 0 Å². The number of hydrazine groups is 1. The van der Waals surface area contributed by atoms with Crippen molar-refractivity contribution < 1.29 is 19.4 Å². The van der Waals surface area contributed by atoms with Crippen molar-refractivity contribution in [2.45, 2.75) is 0 Å². The van der Waals surface area contributed by atoms with Crippen molar-refractivity contribution in [2.75, 3.05) is 7.11 Å². The van der Waals surface area contributed by atoms with Crippen molar-refractivity contribution >= 4 is 57.8 Å². The first-order valence-corrected chi connectivity index (χ1v) is 9.21. The summed E-state index contributed by atoms with van der Waals surface area (Å²) < 4.78 is 5.26. The molecule has 1 heterocycles. The van der Waals surface area contributed by atoms with Gasteiger partial charge in [-0.15, -0.1) is 0 Å². The Kier molecular flexibility index (Phi) is 5.69. The molecule has 1 saturated heterocycles. The Morgan fingerprint density at radius 1 is 1.30 bits per heavy atom. The molecule has 27 heavy (non-hydrogen) atoms. The third-order valence-corrected chi connectivity index (χ3v) is 5.17. The molecule has 6 nitrogen and oxygen atoms in total. The van der Waals surface area contributed by atoms with Crippen LogP contribution < -0.4 is 10.2 Å². The number of thioether (sulfide) groups is 1. The van der Waals surface area contributed by atoms with Crippen molar-refractivity contribution in [3.63, 3.8) is 0 Å². The summed E-state index contributed by atoms with van der Waals surface area (Å²) in [6, 6.07) is 11.0. The van der Waals surface area contributed by atoms with E-state index in [1.807, 2.05) is 0 Å². The predicted octanol–water partition coefficient (Wildman–Crippen LogP) is 3.60. The molecule has 1 aliphatic rings. The predicted molar refractivity (Wildman–Crippen MR) is 109 cm³/mol. The number of nitrogens with one attached hydrogen (secondary N) is 1. The Morgan fingerprint density at radius 3 is 2.67 bits per heavy atom. The number of carbonyl (C=O) groups is 2. The van der Waals surface area contributed by atoms with Crippen LogP contribution in [0.4, 0.5) is 0 Å². The fourth-order valence-corrected chi connectivity index (χ4v) is 3.57. The lowest BCUT2D eigenvalue weighted by atomic mass is 10.2. The number of hydrogen-bond donors (Lipinski definition) is 2. The summed E-state index contributed by atoms with van der Waals surface area (Å²) in [5, 5.41) is 11.2. The van der Waals surface area contributed by atoms with Crippen LogP contribution in [0.1, 0.15) is 15.9 Å². The molecule has 2 aromatic carbocycles. The Bertz CT molecular complexity index is 960. The molecule has 138 valence electrons. The maximum Gasteiger partial charge on any atom is 0.285 e. The number of phenolic OH excluding ortho intramolecular Hbond substituents is 1. The topological polar surface area (TPSA) is 78.9 Å². The molecule has 3 rings (SSSR count). The number of methoxy groups -OCH3 is 1. The number of amides is 2. The van der Waals surface area contributed by atoms with Crippen molar-refractivity contribution in [1.29, 1.82) is 0 Å². The summed E-state index contributed by atoms with van der Waals surface area (Å²) in [7, 11) is 1.44. The minimum absolute atomic E-state index is 0.00238. The summed E-state index contributed by atoms with van der Waals surface area (Å²) in [6.07, 6.45) is 1.61. The molecule has 0 spiro atoms. The number of carbonyl (C=O) groups excluding carboxylic acids is 2. The van der Waals surface area contributed by atoms with E-state index >= 15 is 0 Å². The number of ether oxygens (including phenoxy) is 1. The monoisotopic (exact) mass is 420 g/mol. The Balaban J connectivity index is 1.78. The maximum absolute atomic E-state index is 12.6.